The summed E-state index contributed by atoms with van der Waals surface area (Å²) in [4.78, 5) is 18.6. The Bertz CT molecular complexity index is 887. The number of hydrogen-bond acceptors (Lipinski definition) is 8. The van der Waals surface area contributed by atoms with Crippen LogP contribution in [0.3, 0.4) is 0 Å². The van der Waals surface area contributed by atoms with Crippen molar-refractivity contribution in [3.05, 3.63) is 30.2 Å². The topological polar surface area (TPSA) is 117 Å². The van der Waals surface area contributed by atoms with E-state index in [-0.39, 0.29) is 12.5 Å². The molecule has 0 N–H and O–H groups in total. The molecule has 142 valence electrons. The van der Waals surface area contributed by atoms with Gasteiger partial charge in [-0.3, -0.25) is 9.48 Å². The first-order valence-electron chi connectivity index (χ1n) is 8.79. The van der Waals surface area contributed by atoms with E-state index < -0.39 is 0 Å². The lowest BCUT2D eigenvalue weighted by Crippen LogP contribution is -2.38. The monoisotopic (exact) mass is 372 g/mol. The van der Waals surface area contributed by atoms with Gasteiger partial charge in [-0.05, 0) is 17.4 Å². The normalized spacial score (nSPS) is 13.7. The number of hydrogen-bond donors (Lipinski definition) is 0. The van der Waals surface area contributed by atoms with E-state index in [4.69, 9.17) is 14.3 Å². The SMILES string of the molecule is CCOCCn1nc(-c2cocn2)c2c1CCN(C(=O)Cn1cnnn1)C2. The molecule has 0 aliphatic carbocycles. The van der Waals surface area contributed by atoms with Gasteiger partial charge in [-0.15, -0.1) is 5.10 Å². The van der Waals surface area contributed by atoms with Gasteiger partial charge in [-0.1, -0.05) is 0 Å². The third-order valence-electron chi connectivity index (χ3n) is 4.50. The van der Waals surface area contributed by atoms with Crippen molar-refractivity contribution in [2.75, 3.05) is 19.8 Å². The number of oxazole rings is 1. The van der Waals surface area contributed by atoms with Crippen LogP contribution in [0, 0.1) is 0 Å². The van der Waals surface area contributed by atoms with Gasteiger partial charge in [0, 0.05) is 37.4 Å². The molecule has 1 amide bonds. The van der Waals surface area contributed by atoms with E-state index >= 15 is 0 Å². The van der Waals surface area contributed by atoms with Crippen LogP contribution in [0.1, 0.15) is 18.2 Å². The Morgan fingerprint density at radius 2 is 2.33 bits per heavy atom. The van der Waals surface area contributed by atoms with E-state index in [1.54, 1.807) is 11.2 Å². The van der Waals surface area contributed by atoms with Crippen LogP contribution in [-0.2, 0) is 35.6 Å². The number of nitrogens with zero attached hydrogens (tertiary/aromatic N) is 8. The Hall–Kier alpha value is -3.08. The van der Waals surface area contributed by atoms with Crippen molar-refractivity contribution < 1.29 is 13.9 Å². The molecule has 11 nitrogen and oxygen atoms in total. The molecule has 0 atom stereocenters. The maximum atomic E-state index is 12.6. The highest BCUT2D eigenvalue weighted by molar-refractivity contribution is 5.76. The van der Waals surface area contributed by atoms with Crippen LogP contribution >= 0.6 is 0 Å². The summed E-state index contributed by atoms with van der Waals surface area (Å²) in [7, 11) is 0. The van der Waals surface area contributed by atoms with Crippen molar-refractivity contribution in [2.24, 2.45) is 0 Å². The standard InChI is InChI=1S/C16H20N8O3/c1-2-26-6-5-24-14-3-4-22(15(25)8-23-10-18-20-21-23)7-12(14)16(19-24)13-9-27-11-17-13/h9-11H,2-8H2,1H3. The maximum absolute atomic E-state index is 12.6. The summed E-state index contributed by atoms with van der Waals surface area (Å²) in [6.45, 7) is 5.07. The zero-order valence-corrected chi connectivity index (χ0v) is 15.0. The lowest BCUT2D eigenvalue weighted by atomic mass is 10.0. The second-order valence-corrected chi connectivity index (χ2v) is 6.14. The molecule has 27 heavy (non-hydrogen) atoms. The summed E-state index contributed by atoms with van der Waals surface area (Å²) in [6.07, 6.45) is 5.09. The molecular formula is C16H20N8O3. The largest absolute Gasteiger partial charge is 0.451 e. The lowest BCUT2D eigenvalue weighted by molar-refractivity contribution is -0.133. The van der Waals surface area contributed by atoms with Crippen LogP contribution < -0.4 is 0 Å². The van der Waals surface area contributed by atoms with Gasteiger partial charge in [0.15, 0.2) is 6.39 Å². The number of fused-ring (bicyclic) bond motifs is 1. The molecule has 0 aromatic carbocycles. The van der Waals surface area contributed by atoms with Crippen molar-refractivity contribution in [1.82, 2.24) is 39.9 Å². The summed E-state index contributed by atoms with van der Waals surface area (Å²) in [6, 6.07) is 0. The van der Waals surface area contributed by atoms with Gasteiger partial charge in [-0.2, -0.15) is 5.10 Å². The molecule has 1 aliphatic heterocycles. The summed E-state index contributed by atoms with van der Waals surface area (Å²) < 4.78 is 14.0. The van der Waals surface area contributed by atoms with Gasteiger partial charge < -0.3 is 14.1 Å². The Morgan fingerprint density at radius 3 is 3.07 bits per heavy atom. The van der Waals surface area contributed by atoms with E-state index in [9.17, 15) is 4.79 Å². The second-order valence-electron chi connectivity index (χ2n) is 6.14. The van der Waals surface area contributed by atoms with Crippen molar-refractivity contribution >= 4 is 5.91 Å². The van der Waals surface area contributed by atoms with Crippen LogP contribution in [0.25, 0.3) is 11.4 Å². The molecule has 0 spiro atoms. The summed E-state index contributed by atoms with van der Waals surface area (Å²) in [5.41, 5.74) is 3.52. The molecule has 4 rings (SSSR count). The smallest absolute Gasteiger partial charge is 0.244 e. The van der Waals surface area contributed by atoms with E-state index in [1.807, 2.05) is 11.6 Å². The van der Waals surface area contributed by atoms with Crippen molar-refractivity contribution in [2.45, 2.75) is 33.0 Å². The van der Waals surface area contributed by atoms with Gasteiger partial charge in [0.25, 0.3) is 0 Å². The fraction of sp³-hybridized carbons (Fsp3) is 0.500. The summed E-state index contributed by atoms with van der Waals surface area (Å²) in [5, 5.41) is 15.6. The summed E-state index contributed by atoms with van der Waals surface area (Å²) >= 11 is 0. The molecule has 0 fully saturated rings. The van der Waals surface area contributed by atoms with Crippen molar-refractivity contribution in [1.29, 1.82) is 0 Å². The zero-order chi connectivity index (χ0) is 18.6. The Kier molecular flexibility index (Phi) is 4.92. The van der Waals surface area contributed by atoms with Gasteiger partial charge in [-0.25, -0.2) is 9.67 Å². The number of ether oxygens (including phenoxy) is 1. The average molecular weight is 372 g/mol. The van der Waals surface area contributed by atoms with E-state index in [1.165, 1.54) is 17.4 Å². The molecular weight excluding hydrogens is 352 g/mol. The number of aromatic nitrogens is 7. The maximum Gasteiger partial charge on any atom is 0.244 e. The van der Waals surface area contributed by atoms with Gasteiger partial charge in [0.2, 0.25) is 5.91 Å². The Morgan fingerprint density at radius 1 is 1.41 bits per heavy atom. The highest BCUT2D eigenvalue weighted by Crippen LogP contribution is 2.29. The molecule has 0 radical (unpaired) electrons. The quantitative estimate of drug-likeness (QED) is 0.538. The van der Waals surface area contributed by atoms with E-state index in [2.05, 4.69) is 20.5 Å². The first kappa shape index (κ1) is 17.3. The molecule has 1 aliphatic rings. The van der Waals surface area contributed by atoms with E-state index in [0.29, 0.717) is 45.0 Å². The number of carbonyl (C=O) groups excluding carboxylic acids is 1. The molecule has 4 heterocycles. The predicted octanol–water partition coefficient (Wildman–Crippen LogP) is 0.146. The molecule has 0 saturated carbocycles. The zero-order valence-electron chi connectivity index (χ0n) is 15.0. The van der Waals surface area contributed by atoms with Crippen LogP contribution in [0.4, 0.5) is 0 Å². The van der Waals surface area contributed by atoms with Gasteiger partial charge in [0.1, 0.15) is 30.5 Å². The minimum absolute atomic E-state index is 0.0406. The Balaban J connectivity index is 1.58. The fourth-order valence-corrected chi connectivity index (χ4v) is 3.21. The first-order chi connectivity index (χ1) is 13.3. The molecule has 3 aromatic heterocycles. The van der Waals surface area contributed by atoms with Crippen LogP contribution in [0.5, 0.6) is 0 Å². The number of tetrazole rings is 1. The minimum atomic E-state index is -0.0406. The molecule has 11 heteroatoms. The van der Waals surface area contributed by atoms with Crippen LogP contribution in [0.2, 0.25) is 0 Å². The first-order valence-corrected chi connectivity index (χ1v) is 8.79. The van der Waals surface area contributed by atoms with E-state index in [0.717, 1.165) is 17.0 Å². The predicted molar refractivity (Wildman–Crippen MR) is 91.2 cm³/mol. The van der Waals surface area contributed by atoms with Crippen LogP contribution in [0.15, 0.2) is 23.4 Å². The lowest BCUT2D eigenvalue weighted by Gasteiger charge is -2.27. The number of rotatable bonds is 7. The molecule has 0 unspecified atom stereocenters. The average Bonchev–Trinajstić information content (AvgIpc) is 3.42. The minimum Gasteiger partial charge on any atom is -0.451 e. The second kappa shape index (κ2) is 7.66. The van der Waals surface area contributed by atoms with Gasteiger partial charge >= 0.3 is 0 Å². The summed E-state index contributed by atoms with van der Waals surface area (Å²) in [5.74, 6) is -0.0406. The third kappa shape index (κ3) is 3.58. The Labute approximate surface area is 154 Å². The van der Waals surface area contributed by atoms with Crippen molar-refractivity contribution in [3.8, 4) is 11.4 Å². The molecule has 3 aromatic rings. The van der Waals surface area contributed by atoms with Crippen LogP contribution in [-0.4, -0.2) is 65.5 Å². The highest BCUT2D eigenvalue weighted by Gasteiger charge is 2.29. The number of amides is 1. The van der Waals surface area contributed by atoms with Crippen molar-refractivity contribution in [3.63, 3.8) is 0 Å². The third-order valence-corrected chi connectivity index (χ3v) is 4.50. The molecule has 0 bridgehead atoms. The molecule has 0 saturated heterocycles. The fourth-order valence-electron chi connectivity index (χ4n) is 3.21. The number of carbonyl (C=O) groups is 1. The van der Waals surface area contributed by atoms with Gasteiger partial charge in [0.05, 0.1) is 13.2 Å². The highest BCUT2D eigenvalue weighted by atomic mass is 16.5.